The molecule has 0 radical (unpaired) electrons. The fourth-order valence-electron chi connectivity index (χ4n) is 3.05. The van der Waals surface area contributed by atoms with Crippen LogP contribution < -0.4 is 5.32 Å². The zero-order valence-electron chi connectivity index (χ0n) is 14.9. The van der Waals surface area contributed by atoms with Gasteiger partial charge in [-0.2, -0.15) is 0 Å². The lowest BCUT2D eigenvalue weighted by atomic mass is 10.0. The lowest BCUT2D eigenvalue weighted by molar-refractivity contribution is -0.131. The second kappa shape index (κ2) is 7.95. The normalized spacial score (nSPS) is 16.9. The van der Waals surface area contributed by atoms with Crippen molar-refractivity contribution in [3.05, 3.63) is 46.7 Å². The fourth-order valence-corrected chi connectivity index (χ4v) is 3.76. The average Bonchev–Trinajstić information content (AvgIpc) is 3.25. The van der Waals surface area contributed by atoms with Gasteiger partial charge in [0.25, 0.3) is 0 Å². The van der Waals surface area contributed by atoms with Crippen LogP contribution in [0.1, 0.15) is 44.0 Å². The molecule has 138 valence electrons. The molecule has 2 heterocycles. The van der Waals surface area contributed by atoms with Crippen LogP contribution in [0.3, 0.4) is 0 Å². The molecule has 5 nitrogen and oxygen atoms in total. The Morgan fingerprint density at radius 1 is 1.35 bits per heavy atom. The molecule has 1 fully saturated rings. The predicted octanol–water partition coefficient (Wildman–Crippen LogP) is 3.78. The van der Waals surface area contributed by atoms with Crippen molar-refractivity contribution in [2.24, 2.45) is 5.92 Å². The number of thiazole rings is 1. The Kier molecular flexibility index (Phi) is 5.66. The lowest BCUT2D eigenvalue weighted by Gasteiger charge is -2.25. The summed E-state index contributed by atoms with van der Waals surface area (Å²) in [7, 11) is 0. The molecule has 0 saturated carbocycles. The first-order chi connectivity index (χ1) is 12.4. The number of anilines is 1. The summed E-state index contributed by atoms with van der Waals surface area (Å²) in [5.41, 5.74) is 1.62. The summed E-state index contributed by atoms with van der Waals surface area (Å²) in [5, 5.41) is 5.07. The van der Waals surface area contributed by atoms with Gasteiger partial charge in [-0.05, 0) is 30.5 Å². The summed E-state index contributed by atoms with van der Waals surface area (Å²) in [6, 6.07) is 6.34. The van der Waals surface area contributed by atoms with Crippen molar-refractivity contribution in [3.8, 4) is 0 Å². The minimum absolute atomic E-state index is 0.00358. The fraction of sp³-hybridized carbons (Fsp3) is 0.421. The van der Waals surface area contributed by atoms with Gasteiger partial charge in [0.2, 0.25) is 11.8 Å². The summed E-state index contributed by atoms with van der Waals surface area (Å²) in [5.74, 6) is -0.481. The number of hydrogen-bond donors (Lipinski definition) is 1. The molecular weight excluding hydrogens is 353 g/mol. The molecule has 0 unspecified atom stereocenters. The largest absolute Gasteiger partial charge is 0.335 e. The zero-order chi connectivity index (χ0) is 18.7. The standard InChI is InChI=1S/C19H22FN3O2S/c1-12(2)18(25)22-19-21-15(11-26-19)10-17(24)23-9-3-4-16(23)13-5-7-14(20)8-6-13/h5-8,11-12,16H,3-4,9-10H2,1-2H3,(H,21,22,25)/t16-/m1/s1. The maximum Gasteiger partial charge on any atom is 0.229 e. The third-order valence-electron chi connectivity index (χ3n) is 4.47. The Labute approximate surface area is 156 Å². The number of nitrogens with one attached hydrogen (secondary N) is 1. The van der Waals surface area contributed by atoms with Crippen LogP contribution in [0.2, 0.25) is 0 Å². The smallest absolute Gasteiger partial charge is 0.229 e. The molecule has 1 atom stereocenters. The maximum absolute atomic E-state index is 13.1. The van der Waals surface area contributed by atoms with E-state index in [2.05, 4.69) is 10.3 Å². The molecule has 7 heteroatoms. The second-order valence-corrected chi connectivity index (χ2v) is 7.62. The molecule has 3 rings (SSSR count). The molecule has 0 bridgehead atoms. The third kappa shape index (κ3) is 4.27. The lowest BCUT2D eigenvalue weighted by Crippen LogP contribution is -2.31. The topological polar surface area (TPSA) is 62.3 Å². The van der Waals surface area contributed by atoms with Gasteiger partial charge < -0.3 is 10.2 Å². The van der Waals surface area contributed by atoms with E-state index in [0.29, 0.717) is 17.4 Å². The van der Waals surface area contributed by atoms with E-state index < -0.39 is 0 Å². The molecular formula is C19H22FN3O2S. The first kappa shape index (κ1) is 18.5. The number of nitrogens with zero attached hydrogens (tertiary/aromatic N) is 2. The van der Waals surface area contributed by atoms with Crippen molar-refractivity contribution >= 4 is 28.3 Å². The molecule has 1 N–H and O–H groups in total. The van der Waals surface area contributed by atoms with Gasteiger partial charge in [0.05, 0.1) is 18.2 Å². The van der Waals surface area contributed by atoms with E-state index >= 15 is 0 Å². The van der Waals surface area contributed by atoms with Crippen molar-refractivity contribution < 1.29 is 14.0 Å². The van der Waals surface area contributed by atoms with Gasteiger partial charge in [0.1, 0.15) is 5.82 Å². The number of hydrogen-bond acceptors (Lipinski definition) is 4. The summed E-state index contributed by atoms with van der Waals surface area (Å²) in [6.07, 6.45) is 2.01. The molecule has 2 aromatic rings. The Bertz CT molecular complexity index is 788. The number of aromatic nitrogens is 1. The van der Waals surface area contributed by atoms with Crippen LogP contribution in [0.5, 0.6) is 0 Å². The number of rotatable bonds is 5. The molecule has 1 aliphatic heterocycles. The average molecular weight is 375 g/mol. The van der Waals surface area contributed by atoms with Crippen molar-refractivity contribution in [2.75, 3.05) is 11.9 Å². The first-order valence-electron chi connectivity index (χ1n) is 8.74. The van der Waals surface area contributed by atoms with Crippen LogP contribution in [0.4, 0.5) is 9.52 Å². The van der Waals surface area contributed by atoms with Crippen molar-refractivity contribution in [3.63, 3.8) is 0 Å². The Morgan fingerprint density at radius 3 is 2.77 bits per heavy atom. The van der Waals surface area contributed by atoms with Gasteiger partial charge in [0, 0.05) is 17.8 Å². The number of amides is 2. The molecule has 1 saturated heterocycles. The second-order valence-electron chi connectivity index (χ2n) is 6.76. The maximum atomic E-state index is 13.1. The molecule has 0 aliphatic carbocycles. The SMILES string of the molecule is CC(C)C(=O)Nc1nc(CC(=O)N2CCC[C@@H]2c2ccc(F)cc2)cs1. The van der Waals surface area contributed by atoms with Gasteiger partial charge in [-0.15, -0.1) is 11.3 Å². The van der Waals surface area contributed by atoms with E-state index in [4.69, 9.17) is 0 Å². The Balaban J connectivity index is 1.65. The summed E-state index contributed by atoms with van der Waals surface area (Å²) in [6.45, 7) is 4.33. The predicted molar refractivity (Wildman–Crippen MR) is 99.4 cm³/mol. The molecule has 1 aromatic carbocycles. The van der Waals surface area contributed by atoms with Crippen molar-refractivity contribution in [1.29, 1.82) is 0 Å². The van der Waals surface area contributed by atoms with Crippen molar-refractivity contribution in [1.82, 2.24) is 9.88 Å². The van der Waals surface area contributed by atoms with Crippen LogP contribution >= 0.6 is 11.3 Å². The zero-order valence-corrected chi connectivity index (χ0v) is 15.7. The van der Waals surface area contributed by atoms with Gasteiger partial charge in [-0.1, -0.05) is 26.0 Å². The van der Waals surface area contributed by atoms with Gasteiger partial charge in [-0.25, -0.2) is 9.37 Å². The van der Waals surface area contributed by atoms with E-state index in [9.17, 15) is 14.0 Å². The van der Waals surface area contributed by atoms with Crippen molar-refractivity contribution in [2.45, 2.75) is 39.2 Å². The Morgan fingerprint density at radius 2 is 2.08 bits per heavy atom. The van der Waals surface area contributed by atoms with Crippen LogP contribution in [0.15, 0.2) is 29.6 Å². The minimum Gasteiger partial charge on any atom is -0.335 e. The summed E-state index contributed by atoms with van der Waals surface area (Å²) in [4.78, 5) is 30.7. The van der Waals surface area contributed by atoms with Gasteiger partial charge >= 0.3 is 0 Å². The number of carbonyl (C=O) groups is 2. The number of carbonyl (C=O) groups excluding carboxylic acids is 2. The number of likely N-dealkylation sites (tertiary alicyclic amines) is 1. The van der Waals surface area contributed by atoms with Gasteiger partial charge in [0.15, 0.2) is 5.13 Å². The molecule has 1 aliphatic rings. The summed E-state index contributed by atoms with van der Waals surface area (Å²) >= 11 is 1.32. The van der Waals surface area contributed by atoms with Crippen LogP contribution in [0.25, 0.3) is 0 Å². The minimum atomic E-state index is -0.275. The highest BCUT2D eigenvalue weighted by molar-refractivity contribution is 7.13. The molecule has 26 heavy (non-hydrogen) atoms. The first-order valence-corrected chi connectivity index (χ1v) is 9.62. The number of benzene rings is 1. The van der Waals surface area contributed by atoms with E-state index in [1.807, 2.05) is 18.7 Å². The quantitative estimate of drug-likeness (QED) is 0.865. The highest BCUT2D eigenvalue weighted by Crippen LogP contribution is 2.32. The highest BCUT2D eigenvalue weighted by atomic mass is 32.1. The van der Waals surface area contributed by atoms with Crippen LogP contribution in [-0.4, -0.2) is 28.2 Å². The highest BCUT2D eigenvalue weighted by Gasteiger charge is 2.30. The van der Waals surface area contributed by atoms with Crippen LogP contribution in [-0.2, 0) is 16.0 Å². The van der Waals surface area contributed by atoms with E-state index in [0.717, 1.165) is 18.4 Å². The van der Waals surface area contributed by atoms with Crippen LogP contribution in [0, 0.1) is 11.7 Å². The monoisotopic (exact) mass is 375 g/mol. The third-order valence-corrected chi connectivity index (χ3v) is 5.27. The van der Waals surface area contributed by atoms with E-state index in [-0.39, 0.29) is 36.0 Å². The Hall–Kier alpha value is -2.28. The molecule has 1 aromatic heterocycles. The number of halogens is 1. The summed E-state index contributed by atoms with van der Waals surface area (Å²) < 4.78 is 13.1. The molecule has 2 amide bonds. The van der Waals surface area contributed by atoms with E-state index in [1.54, 1.807) is 17.5 Å². The molecule has 0 spiro atoms. The van der Waals surface area contributed by atoms with E-state index in [1.165, 1.54) is 23.5 Å². The van der Waals surface area contributed by atoms with Gasteiger partial charge in [-0.3, -0.25) is 9.59 Å².